The van der Waals surface area contributed by atoms with E-state index in [1.807, 2.05) is 19.6 Å². The Hall–Kier alpha value is -6.36. The molecule has 6 fully saturated rings. The van der Waals surface area contributed by atoms with Crippen molar-refractivity contribution in [2.45, 2.75) is 385 Å². The molecule has 6 atom stereocenters. The molecule has 0 spiro atoms. The van der Waals surface area contributed by atoms with Gasteiger partial charge >= 0.3 is 35.8 Å². The van der Waals surface area contributed by atoms with Crippen molar-refractivity contribution in [3.05, 3.63) is 0 Å². The van der Waals surface area contributed by atoms with Gasteiger partial charge < -0.3 is 57.8 Å². The van der Waals surface area contributed by atoms with Crippen LogP contribution in [-0.2, 0) is 86.0 Å². The van der Waals surface area contributed by atoms with Gasteiger partial charge in [-0.05, 0) is 77.0 Å². The number of hydrogen-bond acceptors (Lipinski definition) is 18. The predicted octanol–water partition coefficient (Wildman–Crippen LogP) is 18.5. The zero-order chi connectivity index (χ0) is 88.1. The summed E-state index contributed by atoms with van der Waals surface area (Å²) < 4.78 is 31.2. The fourth-order valence-corrected chi connectivity index (χ4v) is 14.7. The van der Waals surface area contributed by atoms with Gasteiger partial charge in [-0.2, -0.15) is 0 Å². The minimum absolute atomic E-state index is 0.0934. The van der Waals surface area contributed by atoms with E-state index in [4.69, 9.17) is 28.4 Å². The summed E-state index contributed by atoms with van der Waals surface area (Å²) in [5, 5.41) is 0. The fourth-order valence-electron chi connectivity index (χ4n) is 14.7. The molecule has 0 aromatic rings. The summed E-state index contributed by atoms with van der Waals surface area (Å²) in [6.07, 6.45) is 48.2. The van der Waals surface area contributed by atoms with Crippen molar-refractivity contribution in [1.29, 1.82) is 0 Å². The molecule has 0 radical (unpaired) electrons. The molecule has 690 valence electrons. The summed E-state index contributed by atoms with van der Waals surface area (Å²) in [7, 11) is 0. The third kappa shape index (κ3) is 52.0. The topological polar surface area (TPSA) is 280 Å². The van der Waals surface area contributed by atoms with E-state index in [2.05, 4.69) is 83.1 Å². The maximum absolute atomic E-state index is 12.0. The van der Waals surface area contributed by atoms with Gasteiger partial charge in [0.15, 0.2) is 0 Å². The second-order valence-electron chi connectivity index (χ2n) is 33.7. The summed E-state index contributed by atoms with van der Waals surface area (Å²) in [5.74, 6) is -1.98. The van der Waals surface area contributed by atoms with Crippen LogP contribution in [0, 0.1) is 35.5 Å². The third-order valence-electron chi connectivity index (χ3n) is 22.7. The van der Waals surface area contributed by atoms with Gasteiger partial charge in [-0.15, -0.1) is 0 Å². The molecule has 119 heavy (non-hydrogen) atoms. The van der Waals surface area contributed by atoms with Crippen molar-refractivity contribution in [3.8, 4) is 0 Å². The Morgan fingerprint density at radius 1 is 0.193 bits per heavy atom. The van der Waals surface area contributed by atoms with Crippen molar-refractivity contribution in [1.82, 2.24) is 29.4 Å². The number of esters is 6. The van der Waals surface area contributed by atoms with Crippen LogP contribution < -0.4 is 0 Å². The molecular formula is C95H172N6O18. The highest BCUT2D eigenvalue weighted by Crippen LogP contribution is 2.27. The molecule has 6 rings (SSSR count). The second kappa shape index (κ2) is 73.2. The highest BCUT2D eigenvalue weighted by Gasteiger charge is 2.40. The molecule has 0 aromatic heterocycles. The van der Waals surface area contributed by atoms with E-state index in [1.54, 1.807) is 9.80 Å². The quantitative estimate of drug-likeness (QED) is 0.0311. The van der Waals surface area contributed by atoms with Crippen molar-refractivity contribution < 1.29 is 86.0 Å². The molecule has 6 amide bonds. The molecule has 24 nitrogen and oxygen atoms in total. The van der Waals surface area contributed by atoms with Gasteiger partial charge in [0.25, 0.3) is 0 Å². The lowest BCUT2D eigenvalue weighted by Crippen LogP contribution is -2.27. The molecule has 0 bridgehead atoms. The zero-order valence-corrected chi connectivity index (χ0v) is 77.5. The van der Waals surface area contributed by atoms with Crippen LogP contribution in [0.3, 0.4) is 0 Å². The highest BCUT2D eigenvalue weighted by molar-refractivity contribution is 5.90. The number of unbranched alkanes of at least 4 members (excludes halogenated alkanes) is 29. The van der Waals surface area contributed by atoms with E-state index in [0.717, 1.165) is 181 Å². The number of carbonyl (C=O) groups excluding carboxylic acids is 12. The second-order valence-corrected chi connectivity index (χ2v) is 33.7. The lowest BCUT2D eigenvalue weighted by Gasteiger charge is -2.16. The first-order valence-electron chi connectivity index (χ1n) is 48.3. The number of rotatable bonds is 59. The summed E-state index contributed by atoms with van der Waals surface area (Å²) in [5.41, 5.74) is 0. The lowest BCUT2D eigenvalue weighted by molar-refractivity contribution is -0.149. The molecule has 0 saturated carbocycles. The first kappa shape index (κ1) is 111. The van der Waals surface area contributed by atoms with Crippen LogP contribution in [0.2, 0.25) is 0 Å². The minimum atomic E-state index is -0.242. The molecular weight excluding hydrogens is 1510 g/mol. The fraction of sp³-hybridized carbons (Fsp3) is 0.874. The molecule has 6 heterocycles. The van der Waals surface area contributed by atoms with E-state index in [0.29, 0.717) is 117 Å². The largest absolute Gasteiger partial charge is 0.465 e. The molecule has 6 saturated heterocycles. The number of likely N-dealkylation sites (tertiary alicyclic amines) is 6. The number of ether oxygens (including phenoxy) is 6. The lowest BCUT2D eigenvalue weighted by atomic mass is 10.1. The van der Waals surface area contributed by atoms with E-state index >= 15 is 0 Å². The van der Waals surface area contributed by atoms with Gasteiger partial charge in [-0.1, -0.05) is 269 Å². The van der Waals surface area contributed by atoms with Crippen LogP contribution >= 0.6 is 0 Å². The number of carbonyl (C=O) groups is 12. The number of nitrogens with zero attached hydrogens (tertiary/aromatic N) is 6. The monoisotopic (exact) mass is 1690 g/mol. The molecule has 24 heteroatoms. The first-order valence-corrected chi connectivity index (χ1v) is 48.3. The third-order valence-corrected chi connectivity index (χ3v) is 22.7. The first-order chi connectivity index (χ1) is 57.6. The normalized spacial score (nSPS) is 18.7. The van der Waals surface area contributed by atoms with Gasteiger partial charge in [0, 0.05) is 117 Å². The Kier molecular flexibility index (Phi) is 68.1. The summed E-state index contributed by atoms with van der Waals surface area (Å²) in [6, 6.07) is 0. The summed E-state index contributed by atoms with van der Waals surface area (Å²) in [6.45, 7) is 36.4. The summed E-state index contributed by atoms with van der Waals surface area (Å²) in [4.78, 5) is 153. The molecule has 6 unspecified atom stereocenters. The maximum atomic E-state index is 12.0. The van der Waals surface area contributed by atoms with E-state index in [9.17, 15) is 57.5 Å². The van der Waals surface area contributed by atoms with Gasteiger partial charge in [0.2, 0.25) is 35.4 Å². The average molecular weight is 1690 g/mol. The summed E-state index contributed by atoms with van der Waals surface area (Å²) >= 11 is 0. The maximum Gasteiger partial charge on any atom is 0.311 e. The standard InChI is InChI=1S/C19H35NO3.C18H33NO3.C16H29NO3.C15H27NO3.C14H25NO3.C13H23NO3/c1-3-5-7-8-9-10-11-12-13-20-16-17(15-18(20)21)19(22)23-14-6-4-2;1-3-5-7-8-9-10-11-12-19-15-16(14-17(19)20)18(21)22-13-6-4-2;1-3-5-7-8-9-10-17-13-14(12-15(17)18)16(19)20-11-6-4-2;1-3-5-7-8-9-16-12-13(11-14(16)17)15(18)19-10-6-4-2;1-3-5-7-8-15-11-12(10-13(15)16)14(17)18-9-6-4-2;1-3-5-7-14-10-11(9-12(14)15)13(16)17-8-6-4-2/h17H,3-16H2,1-2H3;16H,3-15H2,1-2H3;14H,3-13H2,1-2H3;13H,3-12H2,1-2H3;12H,3-11H2,1-2H3;11H,3-10H2,1-2H3. The Balaban J connectivity index is 0.000000716. The predicted molar refractivity (Wildman–Crippen MR) is 471 cm³/mol. The Morgan fingerprint density at radius 3 is 0.487 bits per heavy atom. The SMILES string of the molecule is CCCCCCCCCCN1CC(C(=O)OCCCC)CC1=O.CCCCCCCCCN1CC(C(=O)OCCCC)CC1=O.CCCCCCCN1CC(C(=O)OCCCC)CC1=O.CCCCCCN1CC(C(=O)OCCCC)CC1=O.CCCCCN1CC(C(=O)OCCCC)CC1=O.CCCCOC(=O)C1CC(=O)N(CCCC)C1. The Bertz CT molecular complexity index is 2740. The van der Waals surface area contributed by atoms with Crippen LogP contribution in [0.15, 0.2) is 0 Å². The highest BCUT2D eigenvalue weighted by atomic mass is 16.6. The van der Waals surface area contributed by atoms with Gasteiger partial charge in [0.05, 0.1) is 75.1 Å². The van der Waals surface area contributed by atoms with Crippen LogP contribution in [0.25, 0.3) is 0 Å². The minimum Gasteiger partial charge on any atom is -0.465 e. The Labute approximate surface area is 721 Å². The molecule has 0 N–H and O–H groups in total. The smallest absolute Gasteiger partial charge is 0.311 e. The van der Waals surface area contributed by atoms with Crippen molar-refractivity contribution in [2.75, 3.05) is 118 Å². The number of hydrogen-bond donors (Lipinski definition) is 0. The van der Waals surface area contributed by atoms with Crippen LogP contribution in [0.4, 0.5) is 0 Å². The van der Waals surface area contributed by atoms with E-state index < -0.39 is 0 Å². The molecule has 0 aromatic carbocycles. The molecule has 6 aliphatic heterocycles. The van der Waals surface area contributed by atoms with Crippen LogP contribution in [0.1, 0.15) is 385 Å². The molecule has 0 aliphatic carbocycles. The van der Waals surface area contributed by atoms with Crippen molar-refractivity contribution in [3.63, 3.8) is 0 Å². The zero-order valence-electron chi connectivity index (χ0n) is 77.5. The van der Waals surface area contributed by atoms with Gasteiger partial charge in [0.1, 0.15) is 0 Å². The van der Waals surface area contributed by atoms with Gasteiger partial charge in [-0.25, -0.2) is 0 Å². The van der Waals surface area contributed by atoms with Crippen molar-refractivity contribution in [2.24, 2.45) is 35.5 Å². The van der Waals surface area contributed by atoms with Crippen LogP contribution in [-0.4, -0.2) is 219 Å². The average Bonchev–Trinajstić information content (AvgIpc) is 1.76. The Morgan fingerprint density at radius 2 is 0.319 bits per heavy atom. The van der Waals surface area contributed by atoms with Crippen molar-refractivity contribution >= 4 is 71.3 Å². The van der Waals surface area contributed by atoms with E-state index in [-0.39, 0.29) is 107 Å². The van der Waals surface area contributed by atoms with E-state index in [1.165, 1.54) is 122 Å². The van der Waals surface area contributed by atoms with Crippen LogP contribution in [0.5, 0.6) is 0 Å². The molecule has 6 aliphatic rings. The van der Waals surface area contributed by atoms with Gasteiger partial charge in [-0.3, -0.25) is 57.5 Å². The number of amides is 6.